The Kier molecular flexibility index (Phi) is 5.43. The molecule has 1 aliphatic rings. The Bertz CT molecular complexity index is 746. The maximum absolute atomic E-state index is 12.6. The number of rotatable bonds is 4. The number of carbonyl (C=O) groups is 2. The molecule has 0 spiro atoms. The molecule has 0 saturated carbocycles. The molecule has 0 radical (unpaired) electrons. The number of thioether (sulfide) groups is 1. The fourth-order valence-corrected chi connectivity index (χ4v) is 4.47. The first-order chi connectivity index (χ1) is 12.1. The number of nitrogens with one attached hydrogen (secondary N) is 1. The van der Waals surface area contributed by atoms with Crippen molar-refractivity contribution in [3.05, 3.63) is 71.3 Å². The lowest BCUT2D eigenvalue weighted by molar-refractivity contribution is -0.138. The highest BCUT2D eigenvalue weighted by atomic mass is 32.2. The summed E-state index contributed by atoms with van der Waals surface area (Å²) in [6.45, 7) is 4.04. The van der Waals surface area contributed by atoms with Crippen LogP contribution in [0.25, 0.3) is 0 Å². The molecule has 1 N–H and O–H groups in total. The van der Waals surface area contributed by atoms with E-state index in [2.05, 4.69) is 5.32 Å². The second-order valence-corrected chi connectivity index (χ2v) is 7.36. The van der Waals surface area contributed by atoms with Crippen LogP contribution in [0.1, 0.15) is 29.0 Å². The van der Waals surface area contributed by atoms with Crippen molar-refractivity contribution >= 4 is 23.6 Å². The van der Waals surface area contributed by atoms with Crippen LogP contribution in [0.15, 0.2) is 54.6 Å². The molecule has 1 aliphatic heterocycles. The van der Waals surface area contributed by atoms with Crippen LogP contribution in [-0.4, -0.2) is 28.5 Å². The van der Waals surface area contributed by atoms with Gasteiger partial charge in [0.15, 0.2) is 0 Å². The molecule has 2 amide bonds. The van der Waals surface area contributed by atoms with Crippen LogP contribution in [0.3, 0.4) is 0 Å². The minimum Gasteiger partial charge on any atom is -0.350 e. The lowest BCUT2D eigenvalue weighted by atomic mass is 10.1. The fourth-order valence-electron chi connectivity index (χ4n) is 2.98. The van der Waals surface area contributed by atoms with Crippen molar-refractivity contribution in [1.29, 1.82) is 0 Å². The Morgan fingerprint density at radius 2 is 1.80 bits per heavy atom. The molecule has 3 rings (SSSR count). The highest BCUT2D eigenvalue weighted by Crippen LogP contribution is 2.41. The van der Waals surface area contributed by atoms with Gasteiger partial charge in [-0.2, -0.15) is 0 Å². The molecule has 5 heteroatoms. The summed E-state index contributed by atoms with van der Waals surface area (Å²) in [4.78, 5) is 26.6. The van der Waals surface area contributed by atoms with Crippen LogP contribution in [0, 0.1) is 6.92 Å². The van der Waals surface area contributed by atoms with Gasteiger partial charge >= 0.3 is 0 Å². The van der Waals surface area contributed by atoms with E-state index in [4.69, 9.17) is 0 Å². The largest absolute Gasteiger partial charge is 0.350 e. The molecule has 2 aromatic carbocycles. The lowest BCUT2D eigenvalue weighted by Gasteiger charge is -2.28. The van der Waals surface area contributed by atoms with E-state index in [9.17, 15) is 9.59 Å². The van der Waals surface area contributed by atoms with Gasteiger partial charge in [0.2, 0.25) is 11.8 Å². The summed E-state index contributed by atoms with van der Waals surface area (Å²) in [5, 5.41) is 2.85. The minimum absolute atomic E-state index is 0.0737. The Hall–Kier alpha value is -2.27. The zero-order valence-corrected chi connectivity index (χ0v) is 15.3. The summed E-state index contributed by atoms with van der Waals surface area (Å²) in [5.74, 6) is 0.440. The highest BCUT2D eigenvalue weighted by molar-refractivity contribution is 7.99. The van der Waals surface area contributed by atoms with Gasteiger partial charge in [-0.15, -0.1) is 11.8 Å². The van der Waals surface area contributed by atoms with Crippen LogP contribution < -0.4 is 5.32 Å². The first-order valence-electron chi connectivity index (χ1n) is 8.35. The van der Waals surface area contributed by atoms with Crippen LogP contribution >= 0.6 is 11.8 Å². The number of amides is 2. The van der Waals surface area contributed by atoms with Crippen molar-refractivity contribution in [1.82, 2.24) is 10.2 Å². The zero-order valence-electron chi connectivity index (χ0n) is 14.4. The molecule has 0 bridgehead atoms. The van der Waals surface area contributed by atoms with E-state index >= 15 is 0 Å². The molecule has 0 unspecified atom stereocenters. The average Bonchev–Trinajstić information content (AvgIpc) is 3.06. The molecule has 0 aromatic heterocycles. The standard InChI is InChI=1S/C20H22N2O2S/c1-14-8-10-17(11-9-14)20-22(15(2)23)18(13-25-20)19(24)21-12-16-6-4-3-5-7-16/h3-11,18,20H,12-13H2,1-2H3,(H,21,24)/t18-,20-/m0/s1. The molecule has 0 aliphatic carbocycles. The van der Waals surface area contributed by atoms with Gasteiger partial charge in [0.1, 0.15) is 11.4 Å². The van der Waals surface area contributed by atoms with Crippen molar-refractivity contribution < 1.29 is 9.59 Å². The minimum atomic E-state index is -0.433. The molecular weight excluding hydrogens is 332 g/mol. The fraction of sp³-hybridized carbons (Fsp3) is 0.300. The van der Waals surface area contributed by atoms with Gasteiger partial charge in [-0.1, -0.05) is 60.2 Å². The molecule has 1 heterocycles. The van der Waals surface area contributed by atoms with Crippen LogP contribution in [0.2, 0.25) is 0 Å². The predicted octanol–water partition coefficient (Wildman–Crippen LogP) is 3.27. The van der Waals surface area contributed by atoms with Gasteiger partial charge in [-0.05, 0) is 18.1 Å². The lowest BCUT2D eigenvalue weighted by Crippen LogP contribution is -2.47. The van der Waals surface area contributed by atoms with Gasteiger partial charge in [0.25, 0.3) is 0 Å². The normalized spacial score (nSPS) is 19.7. The van der Waals surface area contributed by atoms with E-state index in [1.807, 2.05) is 61.5 Å². The molecule has 4 nitrogen and oxygen atoms in total. The molecule has 2 atom stereocenters. The number of carbonyl (C=O) groups excluding carboxylic acids is 2. The van der Waals surface area contributed by atoms with Crippen molar-refractivity contribution in [2.75, 3.05) is 5.75 Å². The van der Waals surface area contributed by atoms with Crippen molar-refractivity contribution in [3.63, 3.8) is 0 Å². The predicted molar refractivity (Wildman–Crippen MR) is 101 cm³/mol. The molecular formula is C20H22N2O2S. The number of nitrogens with zero attached hydrogens (tertiary/aromatic N) is 1. The number of hydrogen-bond donors (Lipinski definition) is 1. The molecule has 1 fully saturated rings. The quantitative estimate of drug-likeness (QED) is 0.917. The summed E-state index contributed by atoms with van der Waals surface area (Å²) < 4.78 is 0. The van der Waals surface area contributed by atoms with E-state index < -0.39 is 6.04 Å². The maximum Gasteiger partial charge on any atom is 0.243 e. The van der Waals surface area contributed by atoms with Crippen molar-refractivity contribution in [2.45, 2.75) is 31.8 Å². The smallest absolute Gasteiger partial charge is 0.243 e. The van der Waals surface area contributed by atoms with Crippen LogP contribution in [-0.2, 0) is 16.1 Å². The topological polar surface area (TPSA) is 49.4 Å². The second-order valence-electron chi connectivity index (χ2n) is 6.24. The number of benzene rings is 2. The second kappa shape index (κ2) is 7.74. The summed E-state index contributed by atoms with van der Waals surface area (Å²) in [6.07, 6.45) is 0. The van der Waals surface area contributed by atoms with Crippen molar-refractivity contribution in [3.8, 4) is 0 Å². The highest BCUT2D eigenvalue weighted by Gasteiger charge is 2.40. The third-order valence-electron chi connectivity index (χ3n) is 4.34. The van der Waals surface area contributed by atoms with Gasteiger partial charge in [0.05, 0.1) is 0 Å². The SMILES string of the molecule is CC(=O)N1[C@H](C(=O)NCc2ccccc2)CS[C@H]1c1ccc(C)cc1. The summed E-state index contributed by atoms with van der Waals surface area (Å²) in [7, 11) is 0. The van der Waals surface area contributed by atoms with E-state index in [0.717, 1.165) is 11.1 Å². The third kappa shape index (κ3) is 4.04. The van der Waals surface area contributed by atoms with E-state index in [-0.39, 0.29) is 17.2 Å². The van der Waals surface area contributed by atoms with Gasteiger partial charge in [-0.3, -0.25) is 9.59 Å². The van der Waals surface area contributed by atoms with E-state index in [0.29, 0.717) is 12.3 Å². The average molecular weight is 354 g/mol. The monoisotopic (exact) mass is 354 g/mol. The molecule has 2 aromatic rings. The zero-order chi connectivity index (χ0) is 17.8. The molecule has 25 heavy (non-hydrogen) atoms. The van der Waals surface area contributed by atoms with Crippen LogP contribution in [0.4, 0.5) is 0 Å². The first-order valence-corrected chi connectivity index (χ1v) is 9.40. The summed E-state index contributed by atoms with van der Waals surface area (Å²) in [5.41, 5.74) is 3.29. The van der Waals surface area contributed by atoms with Crippen molar-refractivity contribution in [2.24, 2.45) is 0 Å². The Morgan fingerprint density at radius 3 is 2.44 bits per heavy atom. The van der Waals surface area contributed by atoms with Gasteiger partial charge in [0, 0.05) is 19.2 Å². The first kappa shape index (κ1) is 17.5. The Morgan fingerprint density at radius 1 is 1.12 bits per heavy atom. The van der Waals surface area contributed by atoms with E-state index in [1.54, 1.807) is 16.7 Å². The van der Waals surface area contributed by atoms with Crippen LogP contribution in [0.5, 0.6) is 0 Å². The number of aryl methyl sites for hydroxylation is 1. The van der Waals surface area contributed by atoms with Gasteiger partial charge < -0.3 is 10.2 Å². The molecule has 1 saturated heterocycles. The Balaban J connectivity index is 1.71. The molecule has 130 valence electrons. The third-order valence-corrected chi connectivity index (χ3v) is 5.66. The summed E-state index contributed by atoms with van der Waals surface area (Å²) >= 11 is 1.64. The van der Waals surface area contributed by atoms with Gasteiger partial charge in [-0.25, -0.2) is 0 Å². The van der Waals surface area contributed by atoms with E-state index in [1.165, 1.54) is 12.5 Å². The Labute approximate surface area is 152 Å². The maximum atomic E-state index is 12.6. The number of hydrogen-bond acceptors (Lipinski definition) is 3. The summed E-state index contributed by atoms with van der Waals surface area (Å²) in [6, 6.07) is 17.5.